The number of hydroxylamine groups is 2. The van der Waals surface area contributed by atoms with Gasteiger partial charge in [0, 0.05) is 17.4 Å². The maximum Gasteiger partial charge on any atom is 0.250 e. The molecule has 7 nitrogen and oxygen atoms in total. The van der Waals surface area contributed by atoms with Gasteiger partial charge in [-0.1, -0.05) is 0 Å². The number of nitrogen functional groups attached to an aromatic ring is 1. The fourth-order valence-corrected chi connectivity index (χ4v) is 3.37. The second-order valence-corrected chi connectivity index (χ2v) is 6.27. The number of rotatable bonds is 3. The van der Waals surface area contributed by atoms with Crippen LogP contribution in [0.1, 0.15) is 25.3 Å². The molecule has 3 rings (SSSR count). The van der Waals surface area contributed by atoms with Gasteiger partial charge in [-0.05, 0) is 13.3 Å². The number of β-amino-alcohol motifs (C(OH)–C–C–N with tert-alkyl or cyclic N) is 1. The van der Waals surface area contributed by atoms with Crippen molar-refractivity contribution in [2.45, 2.75) is 38.5 Å². The van der Waals surface area contributed by atoms with Gasteiger partial charge in [-0.15, -0.1) is 16.4 Å². The van der Waals surface area contributed by atoms with Crippen molar-refractivity contribution in [3.63, 3.8) is 0 Å². The quantitative estimate of drug-likeness (QED) is 0.781. The van der Waals surface area contributed by atoms with Crippen LogP contribution in [0.5, 0.6) is 5.75 Å². The van der Waals surface area contributed by atoms with Gasteiger partial charge in [-0.2, -0.15) is 0 Å². The molecular weight excluding hydrogens is 294 g/mol. The predicted molar refractivity (Wildman–Crippen MR) is 76.3 cm³/mol. The monoisotopic (exact) mass is 311 g/mol. The Kier molecular flexibility index (Phi) is 3.60. The van der Waals surface area contributed by atoms with E-state index < -0.39 is 12.1 Å². The van der Waals surface area contributed by atoms with Crippen molar-refractivity contribution in [3.05, 3.63) is 10.9 Å². The summed E-state index contributed by atoms with van der Waals surface area (Å²) in [5, 5.41) is 13.5. The molecule has 0 aliphatic carbocycles. The van der Waals surface area contributed by atoms with Gasteiger partial charge >= 0.3 is 0 Å². The third-order valence-electron chi connectivity index (χ3n) is 3.70. The molecule has 1 aromatic rings. The lowest BCUT2D eigenvalue weighted by atomic mass is 10.0. The summed E-state index contributed by atoms with van der Waals surface area (Å²) >= 11 is 1.41. The second kappa shape index (κ2) is 5.28. The summed E-state index contributed by atoms with van der Waals surface area (Å²) in [4.78, 5) is 31.1. The van der Waals surface area contributed by atoms with Gasteiger partial charge in [-0.25, -0.2) is 0 Å². The summed E-state index contributed by atoms with van der Waals surface area (Å²) in [5.41, 5.74) is 6.76. The molecule has 0 spiro atoms. The lowest BCUT2D eigenvalue weighted by molar-refractivity contribution is -0.166. The zero-order valence-electron chi connectivity index (χ0n) is 11.6. The van der Waals surface area contributed by atoms with Crippen LogP contribution < -0.4 is 10.6 Å². The summed E-state index contributed by atoms with van der Waals surface area (Å²) in [5.74, 6) is 0.119. The van der Waals surface area contributed by atoms with Crippen molar-refractivity contribution in [3.8, 4) is 5.75 Å². The average molecular weight is 311 g/mol. The minimum absolute atomic E-state index is 0.0192. The molecule has 3 N–H and O–H groups in total. The number of nitrogens with zero attached hydrogens (tertiary/aromatic N) is 2. The van der Waals surface area contributed by atoms with Gasteiger partial charge in [0.15, 0.2) is 5.75 Å². The Hall–Kier alpha value is -1.64. The molecule has 0 bridgehead atoms. The highest BCUT2D eigenvalue weighted by Gasteiger charge is 2.42. The first-order chi connectivity index (χ1) is 9.97. The number of carbonyl (C=O) groups excluding carboxylic acids is 2. The van der Waals surface area contributed by atoms with Crippen LogP contribution in [0.25, 0.3) is 0 Å². The van der Waals surface area contributed by atoms with Crippen LogP contribution in [0.4, 0.5) is 5.00 Å². The van der Waals surface area contributed by atoms with E-state index in [9.17, 15) is 14.7 Å². The summed E-state index contributed by atoms with van der Waals surface area (Å²) in [6, 6.07) is -0.516. The lowest BCUT2D eigenvalue weighted by Crippen LogP contribution is -2.55. The number of hydrogen-bond donors (Lipinski definition) is 2. The Labute approximate surface area is 125 Å². The molecule has 1 aromatic heterocycles. The number of hydrogen-bond acceptors (Lipinski definition) is 7. The van der Waals surface area contributed by atoms with Gasteiger partial charge in [0.25, 0.3) is 0 Å². The number of aliphatic hydroxyl groups excluding tert-OH is 1. The van der Waals surface area contributed by atoms with Crippen LogP contribution in [0.2, 0.25) is 0 Å². The van der Waals surface area contributed by atoms with E-state index in [0.717, 1.165) is 10.5 Å². The molecular formula is C13H17N3O4S. The highest BCUT2D eigenvalue weighted by atomic mass is 32.1. The number of aliphatic hydroxyl groups is 1. The number of nitrogens with two attached hydrogens (primary N) is 1. The first-order valence-corrected chi connectivity index (χ1v) is 7.68. The second-order valence-electron chi connectivity index (χ2n) is 5.36. The molecule has 2 aliphatic heterocycles. The largest absolute Gasteiger partial charge is 0.404 e. The SMILES string of the molecule is CC(O)CN1C(=O)CCC(N2Cc3c(csc3N)O2)C1=O. The molecule has 2 amide bonds. The molecule has 8 heteroatoms. The van der Waals surface area contributed by atoms with E-state index in [4.69, 9.17) is 10.6 Å². The maximum atomic E-state index is 12.5. The number of carbonyl (C=O) groups is 2. The van der Waals surface area contributed by atoms with E-state index in [0.29, 0.717) is 23.7 Å². The van der Waals surface area contributed by atoms with Crippen LogP contribution in [0, 0.1) is 0 Å². The lowest BCUT2D eigenvalue weighted by Gasteiger charge is -2.34. The van der Waals surface area contributed by atoms with E-state index in [1.807, 2.05) is 5.38 Å². The van der Waals surface area contributed by atoms with E-state index in [2.05, 4.69) is 0 Å². The molecule has 0 aromatic carbocycles. The zero-order valence-corrected chi connectivity index (χ0v) is 12.4. The number of thiophene rings is 1. The average Bonchev–Trinajstić information content (AvgIpc) is 2.97. The smallest absolute Gasteiger partial charge is 0.250 e. The van der Waals surface area contributed by atoms with Gasteiger partial charge in [0.1, 0.15) is 6.04 Å². The molecule has 2 atom stereocenters. The highest BCUT2D eigenvalue weighted by molar-refractivity contribution is 7.14. The van der Waals surface area contributed by atoms with Crippen LogP contribution in [-0.2, 0) is 16.1 Å². The fraction of sp³-hybridized carbons (Fsp3) is 0.538. The number of anilines is 1. The van der Waals surface area contributed by atoms with Crippen molar-refractivity contribution in [2.24, 2.45) is 0 Å². The van der Waals surface area contributed by atoms with E-state index >= 15 is 0 Å². The Balaban J connectivity index is 1.75. The standard InChI is InChI=1S/C13H17N3O4S/c1-7(17)4-15-11(18)3-2-9(13(15)19)16-5-8-10(20-16)6-21-12(8)14/h6-7,9,17H,2-5,14H2,1H3. The summed E-state index contributed by atoms with van der Waals surface area (Å²) < 4.78 is 0. The third kappa shape index (κ3) is 2.50. The zero-order chi connectivity index (χ0) is 15.1. The van der Waals surface area contributed by atoms with Gasteiger partial charge < -0.3 is 15.7 Å². The summed E-state index contributed by atoms with van der Waals surface area (Å²) in [6.07, 6.45) is -0.0552. The Morgan fingerprint density at radius 3 is 3.00 bits per heavy atom. The van der Waals surface area contributed by atoms with Gasteiger partial charge in [0.05, 0.1) is 24.2 Å². The van der Waals surface area contributed by atoms with E-state index in [1.54, 1.807) is 12.0 Å². The minimum Gasteiger partial charge on any atom is -0.404 e. The van der Waals surface area contributed by atoms with Crippen molar-refractivity contribution < 1.29 is 19.5 Å². The fourth-order valence-electron chi connectivity index (χ4n) is 2.65. The molecule has 2 unspecified atom stereocenters. The van der Waals surface area contributed by atoms with Crippen LogP contribution in [0.15, 0.2) is 5.38 Å². The van der Waals surface area contributed by atoms with Crippen LogP contribution in [0.3, 0.4) is 0 Å². The van der Waals surface area contributed by atoms with Crippen molar-refractivity contribution in [1.82, 2.24) is 9.96 Å². The molecule has 0 radical (unpaired) electrons. The minimum atomic E-state index is -0.743. The van der Waals surface area contributed by atoms with Crippen LogP contribution in [-0.4, -0.2) is 45.6 Å². The summed E-state index contributed by atoms with van der Waals surface area (Å²) in [6.45, 7) is 2.01. The number of fused-ring (bicyclic) bond motifs is 1. The highest BCUT2D eigenvalue weighted by Crippen LogP contribution is 2.39. The number of imide groups is 1. The number of likely N-dealkylation sites (tertiary alicyclic amines) is 1. The van der Waals surface area contributed by atoms with E-state index in [-0.39, 0.29) is 24.8 Å². The number of amides is 2. The molecule has 2 aliphatic rings. The molecule has 0 saturated carbocycles. The topological polar surface area (TPSA) is 96.1 Å². The maximum absolute atomic E-state index is 12.5. The summed E-state index contributed by atoms with van der Waals surface area (Å²) in [7, 11) is 0. The normalized spacial score (nSPS) is 24.1. The predicted octanol–water partition coefficient (Wildman–Crippen LogP) is 0.338. The Morgan fingerprint density at radius 2 is 2.33 bits per heavy atom. The van der Waals surface area contributed by atoms with Gasteiger partial charge in [0.2, 0.25) is 11.8 Å². The van der Waals surface area contributed by atoms with Crippen molar-refractivity contribution >= 4 is 28.2 Å². The molecule has 3 heterocycles. The van der Waals surface area contributed by atoms with Crippen LogP contribution >= 0.6 is 11.3 Å². The molecule has 21 heavy (non-hydrogen) atoms. The third-order valence-corrected chi connectivity index (χ3v) is 4.53. The van der Waals surface area contributed by atoms with Gasteiger partial charge in [-0.3, -0.25) is 14.5 Å². The first-order valence-electron chi connectivity index (χ1n) is 6.80. The number of piperidine rings is 1. The van der Waals surface area contributed by atoms with E-state index in [1.165, 1.54) is 11.3 Å². The van der Waals surface area contributed by atoms with Crippen molar-refractivity contribution in [1.29, 1.82) is 0 Å². The Bertz CT molecular complexity index is 586. The first kappa shape index (κ1) is 14.3. The molecule has 114 valence electrons. The Morgan fingerprint density at radius 1 is 1.57 bits per heavy atom. The molecule has 1 saturated heterocycles. The van der Waals surface area contributed by atoms with Crippen molar-refractivity contribution in [2.75, 3.05) is 12.3 Å². The molecule has 1 fully saturated rings.